The summed E-state index contributed by atoms with van der Waals surface area (Å²) in [7, 11) is 0. The number of nitrogens with one attached hydrogen (secondary N) is 1. The molecular formula is C26H36N2O3. The monoisotopic (exact) mass is 424 g/mol. The van der Waals surface area contributed by atoms with Crippen molar-refractivity contribution in [1.29, 1.82) is 0 Å². The molecule has 1 N–H and O–H groups in total. The first-order valence-electron chi connectivity index (χ1n) is 12.0. The van der Waals surface area contributed by atoms with Gasteiger partial charge in [0.2, 0.25) is 0 Å². The van der Waals surface area contributed by atoms with Crippen molar-refractivity contribution in [2.75, 3.05) is 13.1 Å². The second kappa shape index (κ2) is 7.26. The number of hydrogen-bond donors (Lipinski definition) is 1. The minimum absolute atomic E-state index is 0.150. The molecule has 31 heavy (non-hydrogen) atoms. The molecular weight excluding hydrogens is 388 g/mol. The Kier molecular flexibility index (Phi) is 4.89. The fourth-order valence-electron chi connectivity index (χ4n) is 5.87. The van der Waals surface area contributed by atoms with Crippen molar-refractivity contribution in [2.45, 2.75) is 84.5 Å². The molecule has 0 aliphatic carbocycles. The van der Waals surface area contributed by atoms with Gasteiger partial charge in [0.25, 0.3) is 0 Å². The summed E-state index contributed by atoms with van der Waals surface area (Å²) in [4.78, 5) is 19.4. The smallest absolute Gasteiger partial charge is 0.341 e. The lowest BCUT2D eigenvalue weighted by Crippen LogP contribution is -2.64. The molecule has 1 spiro atoms. The zero-order valence-electron chi connectivity index (χ0n) is 19.6. The highest BCUT2D eigenvalue weighted by Crippen LogP contribution is 2.50. The summed E-state index contributed by atoms with van der Waals surface area (Å²) >= 11 is 0. The maximum absolute atomic E-state index is 13.4. The quantitative estimate of drug-likeness (QED) is 0.652. The van der Waals surface area contributed by atoms with Crippen LogP contribution in [0.5, 0.6) is 5.75 Å². The van der Waals surface area contributed by atoms with E-state index in [9.17, 15) is 4.79 Å². The third-order valence-corrected chi connectivity index (χ3v) is 8.27. The molecule has 5 nitrogen and oxygen atoms in total. The Bertz CT molecular complexity index is 1020. The van der Waals surface area contributed by atoms with E-state index in [0.717, 1.165) is 48.3 Å². The Morgan fingerprint density at radius 2 is 2.03 bits per heavy atom. The number of ether oxygens (including phenoxy) is 2. The fraction of sp³-hybridized carbons (Fsp3) is 0.654. The number of aryl methyl sites for hydroxylation is 1. The first-order valence-corrected chi connectivity index (χ1v) is 12.0. The topological polar surface area (TPSA) is 54.6 Å². The average molecular weight is 425 g/mol. The molecule has 3 aliphatic rings. The van der Waals surface area contributed by atoms with E-state index in [1.165, 1.54) is 31.2 Å². The molecule has 0 radical (unpaired) electrons. The predicted molar refractivity (Wildman–Crippen MR) is 123 cm³/mol. The maximum atomic E-state index is 13.4. The molecule has 5 heteroatoms. The number of esters is 1. The highest BCUT2D eigenvalue weighted by atomic mass is 16.6. The highest BCUT2D eigenvalue weighted by Gasteiger charge is 2.52. The lowest BCUT2D eigenvalue weighted by molar-refractivity contribution is -0.177. The van der Waals surface area contributed by atoms with Gasteiger partial charge < -0.3 is 14.5 Å². The second-order valence-electron chi connectivity index (χ2n) is 10.7. The Hall–Kier alpha value is -2.01. The van der Waals surface area contributed by atoms with Gasteiger partial charge in [0.15, 0.2) is 5.72 Å². The molecule has 5 rings (SSSR count). The molecule has 2 atom stereocenters. The summed E-state index contributed by atoms with van der Waals surface area (Å²) in [6.45, 7) is 12.4. The van der Waals surface area contributed by atoms with Crippen LogP contribution in [0.1, 0.15) is 81.4 Å². The minimum atomic E-state index is -0.519. The van der Waals surface area contributed by atoms with Crippen LogP contribution in [0.3, 0.4) is 0 Å². The molecule has 2 unspecified atom stereocenters. The van der Waals surface area contributed by atoms with Crippen molar-refractivity contribution in [3.8, 4) is 5.75 Å². The Labute approximate surface area is 185 Å². The van der Waals surface area contributed by atoms with Crippen molar-refractivity contribution < 1.29 is 14.3 Å². The van der Waals surface area contributed by atoms with E-state index in [1.807, 2.05) is 20.8 Å². The Balaban J connectivity index is 1.59. The summed E-state index contributed by atoms with van der Waals surface area (Å²) in [5.74, 6) is 1.43. The van der Waals surface area contributed by atoms with E-state index >= 15 is 0 Å². The predicted octanol–water partition coefficient (Wildman–Crippen LogP) is 5.59. The lowest BCUT2D eigenvalue weighted by Gasteiger charge is -2.56. The Morgan fingerprint density at radius 1 is 1.26 bits per heavy atom. The van der Waals surface area contributed by atoms with Gasteiger partial charge in [-0.15, -0.1) is 0 Å². The number of aromatic amines is 1. The van der Waals surface area contributed by atoms with Gasteiger partial charge in [0.05, 0.1) is 5.56 Å². The summed E-state index contributed by atoms with van der Waals surface area (Å²) in [5, 5.41) is 1.00. The van der Waals surface area contributed by atoms with Gasteiger partial charge in [-0.2, -0.15) is 0 Å². The SMILES string of the molecule is Cc1[nH]c2ccc3c(c2c1C(=O)OC(C)(C)C(C)C)CC1CCCN2CCCCC12O3. The van der Waals surface area contributed by atoms with Crippen LogP contribution in [-0.4, -0.2) is 40.3 Å². The van der Waals surface area contributed by atoms with E-state index < -0.39 is 5.60 Å². The zero-order valence-corrected chi connectivity index (χ0v) is 19.6. The van der Waals surface area contributed by atoms with E-state index in [4.69, 9.17) is 9.47 Å². The maximum Gasteiger partial charge on any atom is 0.341 e. The number of carbonyl (C=O) groups excluding carboxylic acids is 1. The van der Waals surface area contributed by atoms with Crippen LogP contribution in [0, 0.1) is 18.8 Å². The molecule has 2 fully saturated rings. The Morgan fingerprint density at radius 3 is 2.81 bits per heavy atom. The molecule has 4 heterocycles. The summed E-state index contributed by atoms with van der Waals surface area (Å²) < 4.78 is 12.9. The number of H-pyrrole nitrogens is 1. The third-order valence-electron chi connectivity index (χ3n) is 8.27. The molecule has 0 saturated carbocycles. The van der Waals surface area contributed by atoms with Crippen molar-refractivity contribution in [2.24, 2.45) is 11.8 Å². The molecule has 3 aliphatic heterocycles. The van der Waals surface area contributed by atoms with Gasteiger partial charge in [0.1, 0.15) is 11.4 Å². The van der Waals surface area contributed by atoms with Crippen molar-refractivity contribution >= 4 is 16.9 Å². The number of nitrogens with zero attached hydrogens (tertiary/aromatic N) is 1. The third kappa shape index (κ3) is 3.19. The summed E-state index contributed by atoms with van der Waals surface area (Å²) in [5.41, 5.74) is 3.06. The highest BCUT2D eigenvalue weighted by molar-refractivity contribution is 6.07. The van der Waals surface area contributed by atoms with Crippen LogP contribution in [-0.2, 0) is 11.2 Å². The molecule has 1 aromatic carbocycles. The average Bonchev–Trinajstić information content (AvgIpc) is 3.06. The van der Waals surface area contributed by atoms with E-state index in [1.54, 1.807) is 0 Å². The number of aromatic nitrogens is 1. The van der Waals surface area contributed by atoms with E-state index in [0.29, 0.717) is 11.5 Å². The lowest BCUT2D eigenvalue weighted by atomic mass is 9.74. The zero-order chi connectivity index (χ0) is 22.0. The van der Waals surface area contributed by atoms with Crippen molar-refractivity contribution in [3.63, 3.8) is 0 Å². The second-order valence-corrected chi connectivity index (χ2v) is 10.7. The van der Waals surface area contributed by atoms with Crippen LogP contribution in [0.4, 0.5) is 0 Å². The number of piperidine rings is 2. The number of benzene rings is 1. The molecule has 168 valence electrons. The summed E-state index contributed by atoms with van der Waals surface area (Å²) in [6.07, 6.45) is 6.99. The van der Waals surface area contributed by atoms with Gasteiger partial charge in [0, 0.05) is 47.6 Å². The fourth-order valence-corrected chi connectivity index (χ4v) is 5.87. The van der Waals surface area contributed by atoms with Crippen molar-refractivity contribution in [3.05, 3.63) is 29.0 Å². The minimum Gasteiger partial charge on any atom is -0.472 e. The summed E-state index contributed by atoms with van der Waals surface area (Å²) in [6, 6.07) is 4.17. The molecule has 0 amide bonds. The largest absolute Gasteiger partial charge is 0.472 e. The van der Waals surface area contributed by atoms with Crippen LogP contribution in [0.25, 0.3) is 10.9 Å². The molecule has 2 aromatic rings. The van der Waals surface area contributed by atoms with Gasteiger partial charge in [-0.25, -0.2) is 4.79 Å². The molecule has 1 aromatic heterocycles. The molecule has 0 bridgehead atoms. The number of fused-ring (bicyclic) bond motifs is 3. The standard InChI is InChI=1S/C26H36N2O3/c1-16(2)25(4,5)31-24(29)22-17(3)27-20-10-11-21-19(23(20)22)15-18-9-8-14-28-13-7-6-12-26(18,28)30-21/h10-11,16,18,27H,6-9,12-15H2,1-5H3. The van der Waals surface area contributed by atoms with E-state index in [-0.39, 0.29) is 17.6 Å². The number of carbonyl (C=O) groups is 1. The van der Waals surface area contributed by atoms with Crippen molar-refractivity contribution in [1.82, 2.24) is 9.88 Å². The van der Waals surface area contributed by atoms with Gasteiger partial charge in [-0.3, -0.25) is 4.90 Å². The van der Waals surface area contributed by atoms with Gasteiger partial charge in [-0.05, 0) is 70.9 Å². The first kappa shape index (κ1) is 20.9. The first-order chi connectivity index (χ1) is 14.7. The van der Waals surface area contributed by atoms with Crippen LogP contribution in [0.15, 0.2) is 12.1 Å². The van der Waals surface area contributed by atoms with Crippen LogP contribution in [0.2, 0.25) is 0 Å². The normalized spacial score (nSPS) is 26.2. The van der Waals surface area contributed by atoms with Crippen LogP contribution >= 0.6 is 0 Å². The van der Waals surface area contributed by atoms with E-state index in [2.05, 4.69) is 35.9 Å². The molecule has 2 saturated heterocycles. The van der Waals surface area contributed by atoms with Gasteiger partial charge in [-0.1, -0.05) is 13.8 Å². The van der Waals surface area contributed by atoms with Gasteiger partial charge >= 0.3 is 5.97 Å². The van der Waals surface area contributed by atoms with Crippen LogP contribution < -0.4 is 4.74 Å². The number of hydrogen-bond acceptors (Lipinski definition) is 4. The number of rotatable bonds is 3.